The molecule has 11 nitrogen and oxygen atoms in total. The molecule has 0 spiro atoms. The Morgan fingerprint density at radius 1 is 1.12 bits per heavy atom. The minimum Gasteiger partial charge on any atom is -0.452 e. The van der Waals surface area contributed by atoms with Crippen LogP contribution < -0.4 is 5.32 Å². The van der Waals surface area contributed by atoms with E-state index in [-0.39, 0.29) is 25.5 Å². The molecule has 1 amide bonds. The van der Waals surface area contributed by atoms with Gasteiger partial charge < -0.3 is 4.74 Å². The number of aromatic nitrogens is 1. The molecule has 0 fully saturated rings. The number of thiazole rings is 1. The maximum absolute atomic E-state index is 12.6. The number of carbonyl (C=O) groups excluding carboxylic acids is 3. The Morgan fingerprint density at radius 2 is 1.78 bits per heavy atom. The normalized spacial score (nSPS) is 10.9. The quantitative estimate of drug-likeness (QED) is 0.223. The van der Waals surface area contributed by atoms with E-state index in [1.54, 1.807) is 0 Å². The van der Waals surface area contributed by atoms with Crippen LogP contribution in [0, 0.1) is 10.1 Å². The van der Waals surface area contributed by atoms with Gasteiger partial charge >= 0.3 is 5.97 Å². The molecular weight excluding hydrogens is 462 g/mol. The smallest absolute Gasteiger partial charge is 0.338 e. The van der Waals surface area contributed by atoms with Crippen molar-refractivity contribution in [3.05, 3.63) is 76.0 Å². The van der Waals surface area contributed by atoms with Crippen molar-refractivity contribution in [3.8, 4) is 0 Å². The molecule has 0 bridgehead atoms. The SMILES string of the molecule is O=Cc1ccc(C(=O)OCC(=O)Nc2ncc(S(=O)(=O)c3ccc([N+](=O)[O-])cc3)s2)cc1. The number of non-ortho nitro benzene ring substituents is 1. The molecule has 0 aliphatic heterocycles. The summed E-state index contributed by atoms with van der Waals surface area (Å²) in [5, 5.41) is 13.0. The number of benzene rings is 2. The van der Waals surface area contributed by atoms with Gasteiger partial charge in [0.05, 0.1) is 21.6 Å². The van der Waals surface area contributed by atoms with Crippen molar-refractivity contribution in [1.29, 1.82) is 0 Å². The zero-order chi connectivity index (χ0) is 23.3. The number of ether oxygens (including phenoxy) is 1. The van der Waals surface area contributed by atoms with E-state index in [9.17, 15) is 32.9 Å². The molecule has 0 aliphatic carbocycles. The number of hydrogen-bond acceptors (Lipinski definition) is 10. The number of rotatable bonds is 8. The molecule has 0 radical (unpaired) electrons. The Morgan fingerprint density at radius 3 is 2.38 bits per heavy atom. The van der Waals surface area contributed by atoms with Gasteiger partial charge in [0.25, 0.3) is 11.6 Å². The Labute approximate surface area is 184 Å². The summed E-state index contributed by atoms with van der Waals surface area (Å²) < 4.78 is 29.9. The van der Waals surface area contributed by atoms with Gasteiger partial charge in [-0.15, -0.1) is 0 Å². The van der Waals surface area contributed by atoms with E-state index in [1.807, 2.05) is 0 Å². The van der Waals surface area contributed by atoms with Crippen LogP contribution in [0.25, 0.3) is 0 Å². The summed E-state index contributed by atoms with van der Waals surface area (Å²) in [5.74, 6) is -1.52. The molecule has 1 aromatic heterocycles. The van der Waals surface area contributed by atoms with E-state index in [4.69, 9.17) is 4.74 Å². The Bertz CT molecular complexity index is 1280. The topological polar surface area (TPSA) is 163 Å². The second-order valence-corrected chi connectivity index (χ2v) is 9.31. The lowest BCUT2D eigenvalue weighted by Crippen LogP contribution is -2.20. The maximum atomic E-state index is 12.6. The second kappa shape index (κ2) is 9.45. The number of carbonyl (C=O) groups is 3. The van der Waals surface area contributed by atoms with Crippen molar-refractivity contribution in [3.63, 3.8) is 0 Å². The van der Waals surface area contributed by atoms with Gasteiger partial charge in [0.2, 0.25) is 9.84 Å². The number of esters is 1. The van der Waals surface area contributed by atoms with Crippen LogP contribution >= 0.6 is 11.3 Å². The first-order chi connectivity index (χ1) is 15.2. The number of amides is 1. The minimum atomic E-state index is -3.99. The number of hydrogen-bond donors (Lipinski definition) is 1. The molecule has 3 rings (SSSR count). The predicted octanol–water partition coefficient (Wildman–Crippen LogP) is 2.49. The third kappa shape index (κ3) is 5.19. The highest BCUT2D eigenvalue weighted by Crippen LogP contribution is 2.29. The number of nitro groups is 1. The van der Waals surface area contributed by atoms with Crippen LogP contribution in [-0.4, -0.2) is 43.1 Å². The summed E-state index contributed by atoms with van der Waals surface area (Å²) in [6, 6.07) is 9.94. The molecule has 3 aromatic rings. The van der Waals surface area contributed by atoms with Crippen molar-refractivity contribution < 1.29 is 32.5 Å². The number of nitro benzene ring substituents is 1. The van der Waals surface area contributed by atoms with Crippen molar-refractivity contribution in [2.45, 2.75) is 9.10 Å². The number of nitrogens with zero attached hydrogens (tertiary/aromatic N) is 2. The van der Waals surface area contributed by atoms with Crippen LogP contribution in [0.1, 0.15) is 20.7 Å². The fourth-order valence-electron chi connectivity index (χ4n) is 2.37. The zero-order valence-corrected chi connectivity index (χ0v) is 17.6. The van der Waals surface area contributed by atoms with Crippen molar-refractivity contribution in [1.82, 2.24) is 4.98 Å². The predicted molar refractivity (Wildman–Crippen MR) is 111 cm³/mol. The second-order valence-electron chi connectivity index (χ2n) is 6.10. The van der Waals surface area contributed by atoms with E-state index >= 15 is 0 Å². The zero-order valence-electron chi connectivity index (χ0n) is 16.0. The molecule has 0 unspecified atom stereocenters. The average molecular weight is 475 g/mol. The molecule has 0 atom stereocenters. The Kier molecular flexibility index (Phi) is 6.70. The van der Waals surface area contributed by atoms with Crippen LogP contribution in [0.4, 0.5) is 10.8 Å². The van der Waals surface area contributed by atoms with Crippen LogP contribution in [0.3, 0.4) is 0 Å². The fourth-order valence-corrected chi connectivity index (χ4v) is 4.82. The molecule has 0 saturated heterocycles. The third-order valence-corrected chi connectivity index (χ3v) is 7.11. The highest BCUT2D eigenvalue weighted by molar-refractivity contribution is 7.93. The van der Waals surface area contributed by atoms with Crippen molar-refractivity contribution in [2.24, 2.45) is 0 Å². The number of anilines is 1. The fraction of sp³-hybridized carbons (Fsp3) is 0.0526. The lowest BCUT2D eigenvalue weighted by Gasteiger charge is -2.05. The van der Waals surface area contributed by atoms with Gasteiger partial charge in [0.15, 0.2) is 11.7 Å². The van der Waals surface area contributed by atoms with Crippen molar-refractivity contribution >= 4 is 50.2 Å². The van der Waals surface area contributed by atoms with Crippen LogP contribution in [0.15, 0.2) is 63.8 Å². The van der Waals surface area contributed by atoms with Gasteiger partial charge in [-0.2, -0.15) is 0 Å². The van der Waals surface area contributed by atoms with Gasteiger partial charge in [-0.25, -0.2) is 18.2 Å². The first-order valence-electron chi connectivity index (χ1n) is 8.68. The molecule has 0 saturated carbocycles. The molecule has 1 heterocycles. The van der Waals surface area contributed by atoms with E-state index in [2.05, 4.69) is 10.3 Å². The summed E-state index contributed by atoms with van der Waals surface area (Å²) in [4.78, 5) is 48.3. The summed E-state index contributed by atoms with van der Waals surface area (Å²) >= 11 is 0.670. The lowest BCUT2D eigenvalue weighted by atomic mass is 10.1. The highest BCUT2D eigenvalue weighted by Gasteiger charge is 2.22. The van der Waals surface area contributed by atoms with Gasteiger partial charge in [0, 0.05) is 17.7 Å². The average Bonchev–Trinajstić information content (AvgIpc) is 3.27. The van der Waals surface area contributed by atoms with Gasteiger partial charge in [-0.1, -0.05) is 23.5 Å². The standard InChI is InChI=1S/C19H13N3O8S2/c23-10-12-1-3-13(4-2-12)18(25)30-11-16(24)21-19-20-9-17(31-19)32(28,29)15-7-5-14(6-8-15)22(26)27/h1-10H,11H2,(H,20,21,24). The van der Waals surface area contributed by atoms with Gasteiger partial charge in [-0.05, 0) is 24.3 Å². The maximum Gasteiger partial charge on any atom is 0.338 e. The Balaban J connectivity index is 1.61. The van der Waals surface area contributed by atoms with Crippen LogP contribution in [-0.2, 0) is 19.4 Å². The van der Waals surface area contributed by atoms with E-state index < -0.39 is 33.2 Å². The van der Waals surface area contributed by atoms with E-state index in [0.29, 0.717) is 23.2 Å². The molecule has 0 aliphatic rings. The monoisotopic (exact) mass is 475 g/mol. The third-order valence-electron chi connectivity index (χ3n) is 3.97. The van der Waals surface area contributed by atoms with Crippen LogP contribution in [0.5, 0.6) is 0 Å². The van der Waals surface area contributed by atoms with E-state index in [0.717, 1.165) is 30.5 Å². The largest absolute Gasteiger partial charge is 0.452 e. The molecular formula is C19H13N3O8S2. The highest BCUT2D eigenvalue weighted by atomic mass is 32.2. The summed E-state index contributed by atoms with van der Waals surface area (Å²) in [6.45, 7) is -0.641. The lowest BCUT2D eigenvalue weighted by molar-refractivity contribution is -0.384. The molecule has 1 N–H and O–H groups in total. The molecule has 32 heavy (non-hydrogen) atoms. The molecule has 2 aromatic carbocycles. The van der Waals surface area contributed by atoms with Gasteiger partial charge in [0.1, 0.15) is 10.5 Å². The number of aldehydes is 1. The number of sulfone groups is 1. The first-order valence-corrected chi connectivity index (χ1v) is 11.0. The molecule has 13 heteroatoms. The summed E-state index contributed by atoms with van der Waals surface area (Å²) in [6.07, 6.45) is 1.66. The van der Waals surface area contributed by atoms with Crippen LogP contribution in [0.2, 0.25) is 0 Å². The van der Waals surface area contributed by atoms with Gasteiger partial charge in [-0.3, -0.25) is 25.0 Å². The minimum absolute atomic E-state index is 0.0399. The summed E-state index contributed by atoms with van der Waals surface area (Å²) in [7, 11) is -3.99. The molecule has 164 valence electrons. The number of nitrogens with one attached hydrogen (secondary N) is 1. The summed E-state index contributed by atoms with van der Waals surface area (Å²) in [5.41, 5.74) is 0.270. The first kappa shape index (κ1) is 22.7. The van der Waals surface area contributed by atoms with E-state index in [1.165, 1.54) is 24.3 Å². The Hall–Kier alpha value is -3.97. The van der Waals surface area contributed by atoms with Crippen molar-refractivity contribution in [2.75, 3.05) is 11.9 Å².